The minimum atomic E-state index is 0.241. The summed E-state index contributed by atoms with van der Waals surface area (Å²) in [5.41, 5.74) is 11.3. The number of nitrogens with two attached hydrogens (primary N) is 1. The van der Waals surface area contributed by atoms with Crippen LogP contribution in [0.1, 0.15) is 18.1 Å². The van der Waals surface area contributed by atoms with Gasteiger partial charge in [0.2, 0.25) is 5.89 Å². The number of oxazole rings is 1. The molecule has 4 nitrogen and oxygen atoms in total. The zero-order valence-corrected chi connectivity index (χ0v) is 13.3. The number of thiocarbonyl (C=S) groups is 1. The molecule has 0 bridgehead atoms. The van der Waals surface area contributed by atoms with Crippen molar-refractivity contribution in [2.75, 3.05) is 5.32 Å². The number of benzene rings is 2. The lowest BCUT2D eigenvalue weighted by Crippen LogP contribution is -2.19. The molecule has 22 heavy (non-hydrogen) atoms. The number of nitrogens with one attached hydrogen (secondary N) is 1. The molecule has 0 aliphatic carbocycles. The summed E-state index contributed by atoms with van der Waals surface area (Å²) in [6.45, 7) is 4.11. The standard InChI is InChI=1S/C17H17N3OS/c1-3-11-5-7-15-14(8-11)19-16(21-15)12-6-4-10(2)13(9-12)20-17(18)22/h4-9H,3H2,1-2H3,(H3,18,20,22). The number of aryl methyl sites for hydroxylation is 2. The highest BCUT2D eigenvalue weighted by Crippen LogP contribution is 2.28. The number of anilines is 1. The average Bonchev–Trinajstić information content (AvgIpc) is 2.91. The minimum absolute atomic E-state index is 0.241. The molecule has 0 saturated heterocycles. The summed E-state index contributed by atoms with van der Waals surface area (Å²) >= 11 is 4.90. The monoisotopic (exact) mass is 311 g/mol. The van der Waals surface area contributed by atoms with Crippen molar-refractivity contribution in [3.8, 4) is 11.5 Å². The fourth-order valence-electron chi connectivity index (χ4n) is 2.34. The van der Waals surface area contributed by atoms with Crippen LogP contribution in [0.3, 0.4) is 0 Å². The molecule has 3 N–H and O–H groups in total. The molecule has 3 rings (SSSR count). The van der Waals surface area contributed by atoms with Crippen molar-refractivity contribution in [1.82, 2.24) is 4.98 Å². The number of nitrogens with zero attached hydrogens (tertiary/aromatic N) is 1. The maximum absolute atomic E-state index is 5.85. The lowest BCUT2D eigenvalue weighted by molar-refractivity contribution is 0.620. The second-order valence-corrected chi connectivity index (χ2v) is 5.63. The number of hydrogen-bond donors (Lipinski definition) is 2. The zero-order chi connectivity index (χ0) is 15.7. The number of aromatic nitrogens is 1. The summed E-state index contributed by atoms with van der Waals surface area (Å²) < 4.78 is 5.85. The summed E-state index contributed by atoms with van der Waals surface area (Å²) in [5, 5.41) is 3.22. The first-order valence-electron chi connectivity index (χ1n) is 7.13. The van der Waals surface area contributed by atoms with E-state index in [4.69, 9.17) is 22.4 Å². The third-order valence-electron chi connectivity index (χ3n) is 3.60. The smallest absolute Gasteiger partial charge is 0.227 e. The molecule has 0 fully saturated rings. The first kappa shape index (κ1) is 14.5. The van der Waals surface area contributed by atoms with Gasteiger partial charge in [-0.05, 0) is 61.0 Å². The molecule has 2 aromatic carbocycles. The van der Waals surface area contributed by atoms with Crippen LogP contribution in [-0.2, 0) is 6.42 Å². The Kier molecular flexibility index (Phi) is 3.81. The van der Waals surface area contributed by atoms with Crippen LogP contribution >= 0.6 is 12.2 Å². The van der Waals surface area contributed by atoms with Crippen molar-refractivity contribution in [3.05, 3.63) is 47.5 Å². The molecule has 0 spiro atoms. The predicted octanol–water partition coefficient (Wildman–Crippen LogP) is 4.02. The van der Waals surface area contributed by atoms with E-state index in [2.05, 4.69) is 29.4 Å². The molecule has 0 atom stereocenters. The maximum Gasteiger partial charge on any atom is 0.227 e. The summed E-state index contributed by atoms with van der Waals surface area (Å²) in [5.74, 6) is 0.592. The second kappa shape index (κ2) is 5.77. The van der Waals surface area contributed by atoms with E-state index in [1.807, 2.05) is 31.2 Å². The Balaban J connectivity index is 2.05. The van der Waals surface area contributed by atoms with Gasteiger partial charge in [-0.15, -0.1) is 0 Å². The van der Waals surface area contributed by atoms with Gasteiger partial charge in [-0.3, -0.25) is 0 Å². The predicted molar refractivity (Wildman–Crippen MR) is 94.0 cm³/mol. The molecular formula is C17H17N3OS. The first-order chi connectivity index (χ1) is 10.6. The second-order valence-electron chi connectivity index (χ2n) is 5.19. The topological polar surface area (TPSA) is 64.1 Å². The first-order valence-corrected chi connectivity index (χ1v) is 7.54. The van der Waals surface area contributed by atoms with Gasteiger partial charge in [-0.1, -0.05) is 19.1 Å². The van der Waals surface area contributed by atoms with Crippen molar-refractivity contribution >= 4 is 34.1 Å². The molecular weight excluding hydrogens is 294 g/mol. The van der Waals surface area contributed by atoms with E-state index in [9.17, 15) is 0 Å². The molecule has 0 amide bonds. The molecule has 1 aromatic heterocycles. The lowest BCUT2D eigenvalue weighted by atomic mass is 10.1. The van der Waals surface area contributed by atoms with Crippen LogP contribution in [0.5, 0.6) is 0 Å². The van der Waals surface area contributed by atoms with E-state index in [-0.39, 0.29) is 5.11 Å². The maximum atomic E-state index is 5.85. The fourth-order valence-corrected chi connectivity index (χ4v) is 2.45. The van der Waals surface area contributed by atoms with Crippen molar-refractivity contribution < 1.29 is 4.42 Å². The van der Waals surface area contributed by atoms with E-state index in [0.717, 1.165) is 34.3 Å². The molecule has 3 aromatic rings. The highest BCUT2D eigenvalue weighted by molar-refractivity contribution is 7.80. The quantitative estimate of drug-likeness (QED) is 0.715. The summed E-state index contributed by atoms with van der Waals surface area (Å²) in [4.78, 5) is 4.58. The van der Waals surface area contributed by atoms with Crippen LogP contribution in [0.4, 0.5) is 5.69 Å². The van der Waals surface area contributed by atoms with Gasteiger partial charge in [0.05, 0.1) is 0 Å². The molecule has 5 heteroatoms. The van der Waals surface area contributed by atoms with E-state index >= 15 is 0 Å². The zero-order valence-electron chi connectivity index (χ0n) is 12.5. The Morgan fingerprint density at radius 2 is 2.09 bits per heavy atom. The van der Waals surface area contributed by atoms with Gasteiger partial charge in [0.15, 0.2) is 10.7 Å². The normalized spacial score (nSPS) is 10.8. The summed E-state index contributed by atoms with van der Waals surface area (Å²) in [7, 11) is 0. The highest BCUT2D eigenvalue weighted by Gasteiger charge is 2.10. The number of hydrogen-bond acceptors (Lipinski definition) is 3. The van der Waals surface area contributed by atoms with Crippen molar-refractivity contribution in [3.63, 3.8) is 0 Å². The average molecular weight is 311 g/mol. The van der Waals surface area contributed by atoms with Gasteiger partial charge in [-0.25, -0.2) is 4.98 Å². The van der Waals surface area contributed by atoms with Gasteiger partial charge in [0, 0.05) is 11.3 Å². The van der Waals surface area contributed by atoms with Crippen LogP contribution in [-0.4, -0.2) is 10.1 Å². The largest absolute Gasteiger partial charge is 0.436 e. The Morgan fingerprint density at radius 3 is 2.82 bits per heavy atom. The van der Waals surface area contributed by atoms with Gasteiger partial charge in [-0.2, -0.15) is 0 Å². The van der Waals surface area contributed by atoms with Crippen LogP contribution in [0.25, 0.3) is 22.6 Å². The van der Waals surface area contributed by atoms with Crippen molar-refractivity contribution in [1.29, 1.82) is 0 Å². The van der Waals surface area contributed by atoms with Crippen LogP contribution in [0.2, 0.25) is 0 Å². The molecule has 1 heterocycles. The highest BCUT2D eigenvalue weighted by atomic mass is 32.1. The van der Waals surface area contributed by atoms with Gasteiger partial charge < -0.3 is 15.5 Å². The lowest BCUT2D eigenvalue weighted by Gasteiger charge is -2.08. The third kappa shape index (κ3) is 2.80. The SMILES string of the molecule is CCc1ccc2oc(-c3ccc(C)c(NC(N)=S)c3)nc2c1. The van der Waals surface area contributed by atoms with Crippen molar-refractivity contribution in [2.24, 2.45) is 5.73 Å². The van der Waals surface area contributed by atoms with Gasteiger partial charge in [0.25, 0.3) is 0 Å². The molecule has 0 unspecified atom stereocenters. The van der Waals surface area contributed by atoms with Crippen LogP contribution in [0, 0.1) is 6.92 Å². The third-order valence-corrected chi connectivity index (χ3v) is 3.70. The molecule has 0 saturated carbocycles. The molecule has 0 radical (unpaired) electrons. The van der Waals surface area contributed by atoms with Gasteiger partial charge in [0.1, 0.15) is 5.52 Å². The number of rotatable bonds is 3. The van der Waals surface area contributed by atoms with E-state index in [0.29, 0.717) is 5.89 Å². The van der Waals surface area contributed by atoms with E-state index in [1.165, 1.54) is 5.56 Å². The van der Waals surface area contributed by atoms with E-state index in [1.54, 1.807) is 0 Å². The molecule has 0 aliphatic rings. The van der Waals surface area contributed by atoms with Crippen LogP contribution < -0.4 is 11.1 Å². The van der Waals surface area contributed by atoms with Crippen LogP contribution in [0.15, 0.2) is 40.8 Å². The molecule has 0 aliphatic heterocycles. The fraction of sp³-hybridized carbons (Fsp3) is 0.176. The van der Waals surface area contributed by atoms with Gasteiger partial charge >= 0.3 is 0 Å². The Labute approximate surface area is 134 Å². The Bertz CT molecular complexity index is 854. The Hall–Kier alpha value is -2.40. The molecule has 112 valence electrons. The van der Waals surface area contributed by atoms with Crippen molar-refractivity contribution in [2.45, 2.75) is 20.3 Å². The summed E-state index contributed by atoms with van der Waals surface area (Å²) in [6.07, 6.45) is 0.977. The number of fused-ring (bicyclic) bond motifs is 1. The minimum Gasteiger partial charge on any atom is -0.436 e. The summed E-state index contributed by atoms with van der Waals surface area (Å²) in [6, 6.07) is 12.0. The Morgan fingerprint density at radius 1 is 1.27 bits per heavy atom. The van der Waals surface area contributed by atoms with E-state index < -0.39 is 0 Å².